The molecule has 0 aliphatic heterocycles. The van der Waals surface area contributed by atoms with Crippen molar-refractivity contribution in [3.8, 4) is 0 Å². The highest BCUT2D eigenvalue weighted by molar-refractivity contribution is 4.60. The molecule has 62 valence electrons. The highest BCUT2D eigenvalue weighted by Crippen LogP contribution is 2.21. The van der Waals surface area contributed by atoms with Crippen LogP contribution < -0.4 is 5.73 Å². The Labute approximate surface area is 65.0 Å². The van der Waals surface area contributed by atoms with E-state index in [1.54, 1.807) is 0 Å². The van der Waals surface area contributed by atoms with Crippen LogP contribution in [-0.4, -0.2) is 6.54 Å². The Hall–Kier alpha value is -0.0400. The molecule has 0 saturated heterocycles. The molecular formula is C9H22N+. The Balaban J connectivity index is 3.04. The van der Waals surface area contributed by atoms with Gasteiger partial charge in [-0.1, -0.05) is 27.2 Å². The first-order chi connectivity index (χ1) is 4.56. The SMILES string of the molecule is CC(C)(C)CCCCC[NH3+]. The van der Waals surface area contributed by atoms with Gasteiger partial charge in [-0.25, -0.2) is 0 Å². The maximum Gasteiger partial charge on any atom is 0.0739 e. The van der Waals surface area contributed by atoms with E-state index in [2.05, 4.69) is 26.5 Å². The largest absolute Gasteiger partial charge is 0.358 e. The van der Waals surface area contributed by atoms with Gasteiger partial charge in [0.2, 0.25) is 0 Å². The summed E-state index contributed by atoms with van der Waals surface area (Å²) < 4.78 is 0. The predicted octanol–water partition coefficient (Wildman–Crippen LogP) is 1.83. The summed E-state index contributed by atoms with van der Waals surface area (Å²) >= 11 is 0. The zero-order chi connectivity index (χ0) is 8.04. The van der Waals surface area contributed by atoms with E-state index in [9.17, 15) is 0 Å². The summed E-state index contributed by atoms with van der Waals surface area (Å²) in [7, 11) is 0. The van der Waals surface area contributed by atoms with Crippen molar-refractivity contribution < 1.29 is 5.73 Å². The molecule has 0 spiro atoms. The number of hydrogen-bond donors (Lipinski definition) is 1. The molecule has 1 nitrogen and oxygen atoms in total. The topological polar surface area (TPSA) is 27.6 Å². The Morgan fingerprint density at radius 2 is 1.60 bits per heavy atom. The second-order valence-electron chi connectivity index (χ2n) is 4.22. The molecule has 0 aromatic rings. The lowest BCUT2D eigenvalue weighted by molar-refractivity contribution is -0.368. The maximum atomic E-state index is 3.82. The lowest BCUT2D eigenvalue weighted by Gasteiger charge is -2.16. The Bertz CT molecular complexity index is 71.3. The summed E-state index contributed by atoms with van der Waals surface area (Å²) in [5.41, 5.74) is 4.35. The van der Waals surface area contributed by atoms with Crippen LogP contribution in [0, 0.1) is 5.41 Å². The van der Waals surface area contributed by atoms with Crippen molar-refractivity contribution in [2.45, 2.75) is 46.5 Å². The second-order valence-corrected chi connectivity index (χ2v) is 4.22. The van der Waals surface area contributed by atoms with Crippen LogP contribution in [0.4, 0.5) is 0 Å². The normalized spacial score (nSPS) is 12.0. The minimum Gasteiger partial charge on any atom is -0.358 e. The molecule has 3 N–H and O–H groups in total. The summed E-state index contributed by atoms with van der Waals surface area (Å²) in [4.78, 5) is 0. The standard InChI is InChI=1S/C9H21N/c1-9(2,3)7-5-4-6-8-10/h4-8,10H2,1-3H3/p+1. The average Bonchev–Trinajstić information content (AvgIpc) is 1.78. The van der Waals surface area contributed by atoms with Gasteiger partial charge in [0.1, 0.15) is 0 Å². The van der Waals surface area contributed by atoms with Gasteiger partial charge in [0.25, 0.3) is 0 Å². The van der Waals surface area contributed by atoms with E-state index in [0.29, 0.717) is 5.41 Å². The summed E-state index contributed by atoms with van der Waals surface area (Å²) in [5.74, 6) is 0. The smallest absolute Gasteiger partial charge is 0.0739 e. The van der Waals surface area contributed by atoms with E-state index in [4.69, 9.17) is 0 Å². The van der Waals surface area contributed by atoms with Crippen molar-refractivity contribution in [3.63, 3.8) is 0 Å². The van der Waals surface area contributed by atoms with Crippen LogP contribution in [0.25, 0.3) is 0 Å². The molecule has 0 radical (unpaired) electrons. The molecule has 0 atom stereocenters. The molecule has 0 bridgehead atoms. The highest BCUT2D eigenvalue weighted by Gasteiger charge is 2.08. The molecule has 0 rings (SSSR count). The van der Waals surface area contributed by atoms with E-state index in [1.165, 1.54) is 25.7 Å². The second kappa shape index (κ2) is 4.73. The van der Waals surface area contributed by atoms with E-state index in [-0.39, 0.29) is 0 Å². The molecule has 0 amide bonds. The molecular weight excluding hydrogens is 122 g/mol. The van der Waals surface area contributed by atoms with E-state index in [0.717, 1.165) is 6.54 Å². The lowest BCUT2D eigenvalue weighted by Crippen LogP contribution is -2.50. The number of unbranched alkanes of at least 4 members (excludes halogenated alkanes) is 2. The predicted molar refractivity (Wildman–Crippen MR) is 45.7 cm³/mol. The fourth-order valence-corrected chi connectivity index (χ4v) is 1.01. The first kappa shape index (κ1) is 9.96. The third-order valence-corrected chi connectivity index (χ3v) is 1.68. The van der Waals surface area contributed by atoms with E-state index >= 15 is 0 Å². The molecule has 0 unspecified atom stereocenters. The molecule has 0 saturated carbocycles. The average molecular weight is 144 g/mol. The number of quaternary nitrogens is 1. The molecule has 0 aliphatic carbocycles. The van der Waals surface area contributed by atoms with Crippen molar-refractivity contribution in [1.82, 2.24) is 0 Å². The van der Waals surface area contributed by atoms with Crippen molar-refractivity contribution in [1.29, 1.82) is 0 Å². The van der Waals surface area contributed by atoms with Crippen molar-refractivity contribution in [3.05, 3.63) is 0 Å². The molecule has 10 heavy (non-hydrogen) atoms. The van der Waals surface area contributed by atoms with Gasteiger partial charge in [0.05, 0.1) is 6.54 Å². The summed E-state index contributed by atoms with van der Waals surface area (Å²) in [6, 6.07) is 0. The zero-order valence-electron chi connectivity index (χ0n) is 7.74. The van der Waals surface area contributed by atoms with Gasteiger partial charge in [-0.15, -0.1) is 0 Å². The highest BCUT2D eigenvalue weighted by atomic mass is 14.5. The first-order valence-corrected chi connectivity index (χ1v) is 4.35. The first-order valence-electron chi connectivity index (χ1n) is 4.35. The van der Waals surface area contributed by atoms with Crippen LogP contribution >= 0.6 is 0 Å². The van der Waals surface area contributed by atoms with Crippen LogP contribution in [0.5, 0.6) is 0 Å². The summed E-state index contributed by atoms with van der Waals surface area (Å²) in [6.45, 7) is 8.01. The fourth-order valence-electron chi connectivity index (χ4n) is 1.01. The minimum atomic E-state index is 0.529. The van der Waals surface area contributed by atoms with Gasteiger partial charge < -0.3 is 5.73 Å². The molecule has 0 aromatic carbocycles. The fraction of sp³-hybridized carbons (Fsp3) is 1.00. The monoisotopic (exact) mass is 144 g/mol. The van der Waals surface area contributed by atoms with Crippen LogP contribution in [0.15, 0.2) is 0 Å². The molecule has 0 fully saturated rings. The maximum absolute atomic E-state index is 3.82. The molecule has 0 heterocycles. The summed E-state index contributed by atoms with van der Waals surface area (Å²) in [5, 5.41) is 0. The van der Waals surface area contributed by atoms with Crippen molar-refractivity contribution >= 4 is 0 Å². The van der Waals surface area contributed by atoms with Crippen LogP contribution in [0.1, 0.15) is 46.5 Å². The lowest BCUT2D eigenvalue weighted by atomic mass is 9.89. The van der Waals surface area contributed by atoms with Gasteiger partial charge in [-0.2, -0.15) is 0 Å². The minimum absolute atomic E-state index is 0.529. The van der Waals surface area contributed by atoms with Crippen LogP contribution in [0.3, 0.4) is 0 Å². The van der Waals surface area contributed by atoms with Gasteiger partial charge in [0, 0.05) is 0 Å². The Morgan fingerprint density at radius 3 is 2.00 bits per heavy atom. The van der Waals surface area contributed by atoms with Crippen molar-refractivity contribution in [2.24, 2.45) is 5.41 Å². The molecule has 1 heteroatoms. The third-order valence-electron chi connectivity index (χ3n) is 1.68. The van der Waals surface area contributed by atoms with E-state index in [1.807, 2.05) is 0 Å². The number of rotatable bonds is 4. The van der Waals surface area contributed by atoms with Crippen LogP contribution in [-0.2, 0) is 0 Å². The quantitative estimate of drug-likeness (QED) is 0.583. The third kappa shape index (κ3) is 7.96. The molecule has 0 aromatic heterocycles. The van der Waals surface area contributed by atoms with Gasteiger partial charge >= 0.3 is 0 Å². The Morgan fingerprint density at radius 1 is 1.00 bits per heavy atom. The van der Waals surface area contributed by atoms with Gasteiger partial charge in [-0.05, 0) is 24.7 Å². The summed E-state index contributed by atoms with van der Waals surface area (Å²) in [6.07, 6.45) is 5.39. The van der Waals surface area contributed by atoms with Crippen molar-refractivity contribution in [2.75, 3.05) is 6.54 Å². The van der Waals surface area contributed by atoms with Crippen LogP contribution in [0.2, 0.25) is 0 Å². The Kier molecular flexibility index (Phi) is 4.71. The zero-order valence-corrected chi connectivity index (χ0v) is 7.74. The van der Waals surface area contributed by atoms with Gasteiger partial charge in [-0.3, -0.25) is 0 Å². The molecule has 0 aliphatic rings. The number of hydrogen-bond acceptors (Lipinski definition) is 0. The van der Waals surface area contributed by atoms with Gasteiger partial charge in [0.15, 0.2) is 0 Å². The van der Waals surface area contributed by atoms with E-state index < -0.39 is 0 Å².